The van der Waals surface area contributed by atoms with Crippen molar-refractivity contribution < 1.29 is 19.0 Å². The monoisotopic (exact) mass is 438 g/mol. The van der Waals surface area contributed by atoms with Crippen molar-refractivity contribution in [2.24, 2.45) is 5.10 Å². The van der Waals surface area contributed by atoms with Crippen LogP contribution in [0.15, 0.2) is 33.8 Å². The summed E-state index contributed by atoms with van der Waals surface area (Å²) in [5.41, 5.74) is 5.06. The number of halogens is 2. The Morgan fingerprint density at radius 1 is 1.31 bits per heavy atom. The third-order valence-corrected chi connectivity index (χ3v) is 4.52. The maximum atomic E-state index is 11.9. The topological polar surface area (TPSA) is 69.2 Å². The fourth-order valence-electron chi connectivity index (χ4n) is 2.46. The molecule has 0 atom stereocenters. The number of hydrogen-bond acceptors (Lipinski definition) is 5. The number of rotatable bonds is 5. The number of aryl methyl sites for hydroxylation is 2. The lowest BCUT2D eigenvalue weighted by Crippen LogP contribution is -2.24. The molecule has 3 rings (SSSR count). The second kappa shape index (κ2) is 7.97. The summed E-state index contributed by atoms with van der Waals surface area (Å²) in [6.07, 6.45) is 1.44. The van der Waals surface area contributed by atoms with Gasteiger partial charge in [-0.25, -0.2) is 5.43 Å². The number of hydrazone groups is 1. The first-order valence-electron chi connectivity index (χ1n) is 7.74. The van der Waals surface area contributed by atoms with E-state index in [-0.39, 0.29) is 19.3 Å². The molecule has 1 heterocycles. The van der Waals surface area contributed by atoms with Crippen LogP contribution in [0, 0.1) is 13.8 Å². The summed E-state index contributed by atoms with van der Waals surface area (Å²) < 4.78 is 16.9. The number of carbonyl (C=O) groups is 1. The van der Waals surface area contributed by atoms with Crippen LogP contribution in [0.1, 0.15) is 16.7 Å². The Hall–Kier alpha value is -2.25. The van der Waals surface area contributed by atoms with Gasteiger partial charge in [-0.15, -0.1) is 0 Å². The molecule has 8 heteroatoms. The number of hydrogen-bond donors (Lipinski definition) is 1. The van der Waals surface area contributed by atoms with Gasteiger partial charge in [0.2, 0.25) is 6.79 Å². The Morgan fingerprint density at radius 3 is 2.77 bits per heavy atom. The third-order valence-electron chi connectivity index (χ3n) is 3.61. The van der Waals surface area contributed by atoms with E-state index in [1.54, 1.807) is 12.1 Å². The molecular formula is C18H16BrClN2O4. The number of fused-ring (bicyclic) bond motifs is 1. The molecule has 0 saturated carbocycles. The Kier molecular flexibility index (Phi) is 5.68. The Labute approximate surface area is 164 Å². The lowest BCUT2D eigenvalue weighted by Gasteiger charge is -2.11. The molecule has 2 aromatic carbocycles. The molecule has 2 aromatic rings. The number of ether oxygens (including phenoxy) is 3. The summed E-state index contributed by atoms with van der Waals surface area (Å²) in [6.45, 7) is 3.91. The van der Waals surface area contributed by atoms with Gasteiger partial charge in [-0.2, -0.15) is 5.10 Å². The smallest absolute Gasteiger partial charge is 0.277 e. The van der Waals surface area contributed by atoms with Crippen LogP contribution in [0.2, 0.25) is 5.02 Å². The number of benzene rings is 2. The quantitative estimate of drug-likeness (QED) is 0.565. The summed E-state index contributed by atoms with van der Waals surface area (Å²) in [6, 6.07) is 7.26. The summed E-state index contributed by atoms with van der Waals surface area (Å²) in [5, 5.41) is 4.35. The highest BCUT2D eigenvalue weighted by atomic mass is 79.9. The van der Waals surface area contributed by atoms with Crippen molar-refractivity contribution in [1.82, 2.24) is 5.43 Å². The van der Waals surface area contributed by atoms with Gasteiger partial charge in [-0.3, -0.25) is 4.79 Å². The van der Waals surface area contributed by atoms with Gasteiger partial charge in [0.25, 0.3) is 5.91 Å². The summed E-state index contributed by atoms with van der Waals surface area (Å²) in [7, 11) is 0. The number of nitrogens with one attached hydrogen (secondary N) is 1. The van der Waals surface area contributed by atoms with Crippen LogP contribution in [0.3, 0.4) is 0 Å². The van der Waals surface area contributed by atoms with Crippen molar-refractivity contribution in [3.05, 3.63) is 50.5 Å². The Balaban J connectivity index is 1.57. The van der Waals surface area contributed by atoms with Gasteiger partial charge in [0.05, 0.1) is 15.7 Å². The minimum Gasteiger partial charge on any atom is -0.482 e. The van der Waals surface area contributed by atoms with E-state index in [1.807, 2.05) is 26.0 Å². The maximum Gasteiger partial charge on any atom is 0.277 e. The highest BCUT2D eigenvalue weighted by Gasteiger charge is 2.15. The van der Waals surface area contributed by atoms with Crippen molar-refractivity contribution in [2.45, 2.75) is 13.8 Å². The van der Waals surface area contributed by atoms with E-state index in [2.05, 4.69) is 26.5 Å². The largest absolute Gasteiger partial charge is 0.482 e. The molecule has 0 aliphatic carbocycles. The minimum absolute atomic E-state index is 0.158. The molecule has 0 fully saturated rings. The van der Waals surface area contributed by atoms with Crippen LogP contribution in [-0.4, -0.2) is 25.5 Å². The van der Waals surface area contributed by atoms with Crippen LogP contribution in [-0.2, 0) is 4.79 Å². The molecule has 1 aliphatic heterocycles. The van der Waals surface area contributed by atoms with Crippen molar-refractivity contribution in [3.63, 3.8) is 0 Å². The average molecular weight is 440 g/mol. The van der Waals surface area contributed by atoms with Gasteiger partial charge in [-0.05, 0) is 53.0 Å². The van der Waals surface area contributed by atoms with Crippen molar-refractivity contribution in [3.8, 4) is 17.2 Å². The minimum atomic E-state index is -0.384. The van der Waals surface area contributed by atoms with E-state index in [1.165, 1.54) is 6.21 Å². The van der Waals surface area contributed by atoms with Gasteiger partial charge in [0.15, 0.2) is 18.1 Å². The van der Waals surface area contributed by atoms with Crippen LogP contribution >= 0.6 is 27.5 Å². The summed E-state index contributed by atoms with van der Waals surface area (Å²) >= 11 is 9.58. The zero-order valence-electron chi connectivity index (χ0n) is 14.1. The highest BCUT2D eigenvalue weighted by molar-refractivity contribution is 9.10. The molecule has 0 bridgehead atoms. The first-order valence-corrected chi connectivity index (χ1v) is 8.91. The third kappa shape index (κ3) is 4.28. The van der Waals surface area contributed by atoms with Gasteiger partial charge < -0.3 is 14.2 Å². The average Bonchev–Trinajstić information content (AvgIpc) is 3.01. The first-order chi connectivity index (χ1) is 12.4. The molecule has 1 aliphatic rings. The predicted octanol–water partition coefficient (Wildman–Crippen LogP) is 3.98. The predicted molar refractivity (Wildman–Crippen MR) is 102 cm³/mol. The van der Waals surface area contributed by atoms with E-state index < -0.39 is 0 Å². The molecule has 0 aromatic heterocycles. The molecular weight excluding hydrogens is 424 g/mol. The molecule has 1 amide bonds. The summed E-state index contributed by atoms with van der Waals surface area (Å²) in [5.74, 6) is 1.42. The molecule has 26 heavy (non-hydrogen) atoms. The number of amides is 1. The molecule has 0 unspecified atom stereocenters. The molecule has 6 nitrogen and oxygen atoms in total. The van der Waals surface area contributed by atoms with E-state index in [0.717, 1.165) is 15.6 Å². The SMILES string of the molecule is Cc1cc(C)c(OCC(=O)NN=Cc2cc3c(cc2Cl)OCO3)c(Br)c1. The lowest BCUT2D eigenvalue weighted by molar-refractivity contribution is -0.123. The van der Waals surface area contributed by atoms with Crippen LogP contribution in [0.4, 0.5) is 0 Å². The normalized spacial score (nSPS) is 12.5. The van der Waals surface area contributed by atoms with Crippen LogP contribution < -0.4 is 19.6 Å². The molecule has 0 spiro atoms. The Morgan fingerprint density at radius 2 is 2.04 bits per heavy atom. The van der Waals surface area contributed by atoms with E-state index >= 15 is 0 Å². The second-order valence-corrected chi connectivity index (χ2v) is 6.96. The van der Waals surface area contributed by atoms with Crippen molar-refractivity contribution in [1.29, 1.82) is 0 Å². The van der Waals surface area contributed by atoms with Gasteiger partial charge in [0, 0.05) is 11.6 Å². The van der Waals surface area contributed by atoms with Gasteiger partial charge >= 0.3 is 0 Å². The fourth-order valence-corrected chi connectivity index (χ4v) is 3.45. The van der Waals surface area contributed by atoms with Crippen LogP contribution in [0.5, 0.6) is 17.2 Å². The molecule has 136 valence electrons. The Bertz CT molecular complexity index is 863. The number of nitrogens with zero attached hydrogens (tertiary/aromatic N) is 1. The lowest BCUT2D eigenvalue weighted by atomic mass is 10.1. The molecule has 0 radical (unpaired) electrons. The maximum absolute atomic E-state index is 11.9. The summed E-state index contributed by atoms with van der Waals surface area (Å²) in [4.78, 5) is 11.9. The number of carbonyl (C=O) groups excluding carboxylic acids is 1. The van der Waals surface area contributed by atoms with Gasteiger partial charge in [-0.1, -0.05) is 17.7 Å². The zero-order chi connectivity index (χ0) is 18.7. The van der Waals surface area contributed by atoms with Crippen LogP contribution in [0.25, 0.3) is 0 Å². The van der Waals surface area contributed by atoms with E-state index in [0.29, 0.717) is 27.8 Å². The fraction of sp³-hybridized carbons (Fsp3) is 0.222. The first kappa shape index (κ1) is 18.5. The van der Waals surface area contributed by atoms with E-state index in [4.69, 9.17) is 25.8 Å². The molecule has 0 saturated heterocycles. The second-order valence-electron chi connectivity index (χ2n) is 5.70. The van der Waals surface area contributed by atoms with Crippen molar-refractivity contribution >= 4 is 39.7 Å². The highest BCUT2D eigenvalue weighted by Crippen LogP contribution is 2.36. The standard InChI is InChI=1S/C18H16BrClN2O4/c1-10-3-11(2)18(13(19)4-10)24-8-17(23)22-21-7-12-5-15-16(6-14(12)20)26-9-25-15/h3-7H,8-9H2,1-2H3,(H,22,23). The van der Waals surface area contributed by atoms with E-state index in [9.17, 15) is 4.79 Å². The zero-order valence-corrected chi connectivity index (χ0v) is 16.5. The van der Waals surface area contributed by atoms with Crippen molar-refractivity contribution in [2.75, 3.05) is 13.4 Å². The molecule has 1 N–H and O–H groups in total. The van der Waals surface area contributed by atoms with Gasteiger partial charge in [0.1, 0.15) is 5.75 Å².